The second-order valence-electron chi connectivity index (χ2n) is 5.49. The molecule has 10 heteroatoms. The van der Waals surface area contributed by atoms with Crippen LogP contribution in [0.3, 0.4) is 0 Å². The average Bonchev–Trinajstić information content (AvgIpc) is 3.26. The lowest BCUT2D eigenvalue weighted by Gasteiger charge is -2.09. The first-order chi connectivity index (χ1) is 12.9. The number of imidazole rings is 1. The number of benzene rings is 2. The van der Waals surface area contributed by atoms with Crippen LogP contribution in [-0.4, -0.2) is 30.8 Å². The van der Waals surface area contributed by atoms with Gasteiger partial charge in [0.05, 0.1) is 32.8 Å². The quantitative estimate of drug-likeness (QED) is 0.512. The Kier molecular flexibility index (Phi) is 4.21. The lowest BCUT2D eigenvalue weighted by atomic mass is 10.3. The van der Waals surface area contributed by atoms with E-state index in [9.17, 15) is 9.18 Å². The van der Waals surface area contributed by atoms with Crippen molar-refractivity contribution >= 4 is 40.2 Å². The van der Waals surface area contributed by atoms with E-state index in [4.69, 9.17) is 33.0 Å². The average molecular weight is 407 g/mol. The Hall–Kier alpha value is -3.10. The number of H-pyrrole nitrogens is 1. The Morgan fingerprint density at radius 1 is 1.22 bits per heavy atom. The summed E-state index contributed by atoms with van der Waals surface area (Å²) in [4.78, 5) is 18.3. The maximum Gasteiger partial charge on any atom is 0.338 e. The Morgan fingerprint density at radius 3 is 2.78 bits per heavy atom. The second-order valence-corrected chi connectivity index (χ2v) is 6.31. The van der Waals surface area contributed by atoms with Crippen molar-refractivity contribution in [2.24, 2.45) is 0 Å². The maximum atomic E-state index is 14.0. The van der Waals surface area contributed by atoms with Crippen LogP contribution >= 0.6 is 23.2 Å². The first kappa shape index (κ1) is 17.3. The molecular weight excluding hydrogens is 398 g/mol. The molecule has 2 aromatic carbocycles. The van der Waals surface area contributed by atoms with Crippen molar-refractivity contribution < 1.29 is 19.0 Å². The molecule has 0 fully saturated rings. The number of carbonyl (C=O) groups is 1. The van der Waals surface area contributed by atoms with E-state index in [1.54, 1.807) is 12.1 Å². The van der Waals surface area contributed by atoms with E-state index in [1.165, 1.54) is 35.3 Å². The van der Waals surface area contributed by atoms with Crippen LogP contribution in [-0.2, 0) is 0 Å². The fourth-order valence-electron chi connectivity index (χ4n) is 2.41. The lowest BCUT2D eigenvalue weighted by Crippen LogP contribution is -1.97. The molecule has 2 aromatic heterocycles. The molecule has 4 rings (SSSR count). The zero-order chi connectivity index (χ0) is 19.1. The van der Waals surface area contributed by atoms with E-state index in [1.807, 2.05) is 0 Å². The third kappa shape index (κ3) is 3.20. The monoisotopic (exact) mass is 406 g/mol. The molecule has 0 aliphatic heterocycles. The van der Waals surface area contributed by atoms with Crippen LogP contribution in [0.4, 0.5) is 4.39 Å². The van der Waals surface area contributed by atoms with Gasteiger partial charge in [0.2, 0.25) is 5.95 Å². The molecule has 4 aromatic rings. The molecule has 0 saturated carbocycles. The van der Waals surface area contributed by atoms with E-state index < -0.39 is 11.8 Å². The molecule has 2 heterocycles. The van der Waals surface area contributed by atoms with Gasteiger partial charge in [-0.1, -0.05) is 29.3 Å². The number of aromatic carboxylic acids is 1. The summed E-state index contributed by atoms with van der Waals surface area (Å²) in [7, 11) is 0. The zero-order valence-corrected chi connectivity index (χ0v) is 14.8. The first-order valence-electron chi connectivity index (χ1n) is 7.52. The number of aromatic nitrogens is 4. The van der Waals surface area contributed by atoms with E-state index in [2.05, 4.69) is 15.1 Å². The van der Waals surface area contributed by atoms with Gasteiger partial charge >= 0.3 is 5.97 Å². The molecule has 0 spiro atoms. The number of carboxylic acid groups (broad SMARTS) is 1. The molecule has 136 valence electrons. The number of rotatable bonds is 4. The van der Waals surface area contributed by atoms with Crippen molar-refractivity contribution in [3.63, 3.8) is 0 Å². The second kappa shape index (κ2) is 6.57. The van der Waals surface area contributed by atoms with Crippen LogP contribution in [0.25, 0.3) is 17.0 Å². The maximum absolute atomic E-state index is 14.0. The number of ether oxygens (including phenoxy) is 1. The number of carboxylic acids is 1. The molecule has 7 nitrogen and oxygen atoms in total. The normalized spacial score (nSPS) is 11.1. The van der Waals surface area contributed by atoms with Gasteiger partial charge in [-0.3, -0.25) is 0 Å². The van der Waals surface area contributed by atoms with Crippen LogP contribution in [0.2, 0.25) is 10.0 Å². The standard InChI is InChI=1S/C17H9Cl2FN4O3/c18-9-2-1-3-13(15(9)20)27-14-5-12-11(4-10(14)19)22-17(23-12)24-7-8(6-21-24)16(25)26/h1-7H,(H,22,23)(H,25,26). The van der Waals surface area contributed by atoms with Crippen molar-refractivity contribution in [1.29, 1.82) is 0 Å². The van der Waals surface area contributed by atoms with Gasteiger partial charge in [-0.15, -0.1) is 0 Å². The molecule has 0 radical (unpaired) electrons. The minimum Gasteiger partial charge on any atom is -0.478 e. The van der Waals surface area contributed by atoms with Gasteiger partial charge in [-0.25, -0.2) is 18.9 Å². The molecule has 2 N–H and O–H groups in total. The molecule has 0 unspecified atom stereocenters. The van der Waals surface area contributed by atoms with Crippen molar-refractivity contribution in [3.8, 4) is 17.4 Å². The summed E-state index contributed by atoms with van der Waals surface area (Å²) >= 11 is 12.0. The van der Waals surface area contributed by atoms with Crippen LogP contribution in [0.15, 0.2) is 42.7 Å². The zero-order valence-electron chi connectivity index (χ0n) is 13.3. The Morgan fingerprint density at radius 2 is 2.04 bits per heavy atom. The van der Waals surface area contributed by atoms with Crippen LogP contribution in [0.1, 0.15) is 10.4 Å². The van der Waals surface area contributed by atoms with Crippen LogP contribution < -0.4 is 4.74 Å². The highest BCUT2D eigenvalue weighted by molar-refractivity contribution is 6.32. The Bertz CT molecular complexity index is 1190. The minimum atomic E-state index is -1.10. The van der Waals surface area contributed by atoms with Crippen molar-refractivity contribution in [2.75, 3.05) is 0 Å². The van der Waals surface area contributed by atoms with Gasteiger partial charge in [0, 0.05) is 12.3 Å². The number of fused-ring (bicyclic) bond motifs is 1. The van der Waals surface area contributed by atoms with E-state index >= 15 is 0 Å². The molecule has 0 atom stereocenters. The number of nitrogens with one attached hydrogen (secondary N) is 1. The highest BCUT2D eigenvalue weighted by atomic mass is 35.5. The summed E-state index contributed by atoms with van der Waals surface area (Å²) in [5.74, 6) is -1.39. The van der Waals surface area contributed by atoms with Gasteiger partial charge in [0.1, 0.15) is 5.75 Å². The van der Waals surface area contributed by atoms with Gasteiger partial charge in [0.25, 0.3) is 0 Å². The first-order valence-corrected chi connectivity index (χ1v) is 8.27. The molecule has 0 aliphatic carbocycles. The molecular formula is C17H9Cl2FN4O3. The molecule has 0 saturated heterocycles. The number of aromatic amines is 1. The largest absolute Gasteiger partial charge is 0.478 e. The summed E-state index contributed by atoms with van der Waals surface area (Å²) in [6.45, 7) is 0. The van der Waals surface area contributed by atoms with Crippen molar-refractivity contribution in [2.45, 2.75) is 0 Å². The topological polar surface area (TPSA) is 93.0 Å². The highest BCUT2D eigenvalue weighted by Gasteiger charge is 2.15. The predicted octanol–water partition coefficient (Wildman–Crippen LogP) is 4.69. The fraction of sp³-hybridized carbons (Fsp3) is 0. The summed E-state index contributed by atoms with van der Waals surface area (Å²) in [5, 5.41) is 13.1. The summed E-state index contributed by atoms with van der Waals surface area (Å²) in [5.41, 5.74) is 1.06. The third-order valence-corrected chi connectivity index (χ3v) is 4.29. The van der Waals surface area contributed by atoms with Crippen molar-refractivity contribution in [3.05, 3.63) is 64.2 Å². The number of halogens is 3. The van der Waals surface area contributed by atoms with Gasteiger partial charge in [-0.05, 0) is 18.2 Å². The van der Waals surface area contributed by atoms with Crippen LogP contribution in [0.5, 0.6) is 11.5 Å². The molecule has 0 aliphatic rings. The molecule has 27 heavy (non-hydrogen) atoms. The number of nitrogens with zero attached hydrogens (tertiary/aromatic N) is 3. The molecule has 0 bridgehead atoms. The molecule has 0 amide bonds. The fourth-order valence-corrected chi connectivity index (χ4v) is 2.78. The SMILES string of the molecule is O=C(O)c1cnn(-c2nc3cc(Oc4cccc(Cl)c4F)c(Cl)cc3[nH]2)c1. The summed E-state index contributed by atoms with van der Waals surface area (Å²) in [6, 6.07) is 7.48. The van der Waals surface area contributed by atoms with E-state index in [-0.39, 0.29) is 27.1 Å². The van der Waals surface area contributed by atoms with E-state index in [0.717, 1.165) is 0 Å². The number of hydrogen-bond donors (Lipinski definition) is 2. The van der Waals surface area contributed by atoms with Gasteiger partial charge in [-0.2, -0.15) is 5.10 Å². The Labute approximate surface area is 160 Å². The van der Waals surface area contributed by atoms with Crippen molar-refractivity contribution in [1.82, 2.24) is 19.7 Å². The third-order valence-electron chi connectivity index (χ3n) is 3.71. The Balaban J connectivity index is 1.72. The minimum absolute atomic E-state index is 0.0222. The lowest BCUT2D eigenvalue weighted by molar-refractivity contribution is 0.0697. The van der Waals surface area contributed by atoms with E-state index in [0.29, 0.717) is 17.0 Å². The number of hydrogen-bond acceptors (Lipinski definition) is 4. The van der Waals surface area contributed by atoms with Gasteiger partial charge < -0.3 is 14.8 Å². The predicted molar refractivity (Wildman–Crippen MR) is 96.7 cm³/mol. The summed E-state index contributed by atoms with van der Waals surface area (Å²) < 4.78 is 20.9. The van der Waals surface area contributed by atoms with Crippen LogP contribution in [0, 0.1) is 5.82 Å². The van der Waals surface area contributed by atoms with Gasteiger partial charge in [0.15, 0.2) is 11.6 Å². The summed E-state index contributed by atoms with van der Waals surface area (Å²) in [6.07, 6.45) is 2.53. The smallest absolute Gasteiger partial charge is 0.338 e. The highest BCUT2D eigenvalue weighted by Crippen LogP contribution is 2.35.